The van der Waals surface area contributed by atoms with E-state index in [-0.39, 0.29) is 17.1 Å². The second-order valence-corrected chi connectivity index (χ2v) is 9.17. The molecule has 33 heavy (non-hydrogen) atoms. The maximum absolute atomic E-state index is 12.6. The molecule has 0 spiro atoms. The zero-order chi connectivity index (χ0) is 23.4. The normalized spacial score (nSPS) is 13.2. The Hall–Kier alpha value is -3.37. The molecule has 0 N–H and O–H groups in total. The highest BCUT2D eigenvalue weighted by molar-refractivity contribution is 7.89. The molecule has 9 nitrogen and oxygen atoms in total. The Morgan fingerprint density at radius 2 is 1.70 bits per heavy atom. The van der Waals surface area contributed by atoms with Crippen molar-refractivity contribution in [3.63, 3.8) is 0 Å². The zero-order valence-corrected chi connectivity index (χ0v) is 19.1. The Bertz CT molecular complexity index is 1230. The largest absolute Gasteiger partial charge is 0.486 e. The van der Waals surface area contributed by atoms with Crippen LogP contribution in [0.1, 0.15) is 29.9 Å². The Morgan fingerprint density at radius 3 is 2.39 bits per heavy atom. The predicted molar refractivity (Wildman–Crippen MR) is 119 cm³/mol. The summed E-state index contributed by atoms with van der Waals surface area (Å²) >= 11 is 0. The minimum atomic E-state index is -3.59. The highest BCUT2D eigenvalue weighted by atomic mass is 32.2. The SMILES string of the molecule is CCN(CC)S(=O)(=O)c1ccc(C(=O)OCc2cc(-c3ccc4c(c3)OCCO4)on2)cc1. The van der Waals surface area contributed by atoms with Crippen molar-refractivity contribution in [1.29, 1.82) is 0 Å². The first-order valence-electron chi connectivity index (χ1n) is 10.5. The van der Waals surface area contributed by atoms with E-state index in [0.29, 0.717) is 49.3 Å². The average molecular weight is 473 g/mol. The Kier molecular flexibility index (Phi) is 6.66. The van der Waals surface area contributed by atoms with Gasteiger partial charge < -0.3 is 18.7 Å². The van der Waals surface area contributed by atoms with E-state index >= 15 is 0 Å². The number of esters is 1. The minimum Gasteiger partial charge on any atom is -0.486 e. The molecule has 1 aliphatic rings. The summed E-state index contributed by atoms with van der Waals surface area (Å²) in [4.78, 5) is 12.5. The van der Waals surface area contributed by atoms with Gasteiger partial charge in [-0.1, -0.05) is 19.0 Å². The van der Waals surface area contributed by atoms with Gasteiger partial charge in [0.05, 0.1) is 10.5 Å². The Labute approximate surface area is 191 Å². The van der Waals surface area contributed by atoms with E-state index in [4.69, 9.17) is 18.7 Å². The van der Waals surface area contributed by atoms with Crippen molar-refractivity contribution >= 4 is 16.0 Å². The van der Waals surface area contributed by atoms with E-state index in [2.05, 4.69) is 5.16 Å². The third-order valence-corrected chi connectivity index (χ3v) is 7.23. The summed E-state index contributed by atoms with van der Waals surface area (Å²) < 4.78 is 48.2. The number of sulfonamides is 1. The van der Waals surface area contributed by atoms with Gasteiger partial charge in [0.15, 0.2) is 17.3 Å². The standard InChI is InChI=1S/C23H24N2O7S/c1-3-25(4-2)33(27,28)19-8-5-16(6-9-19)23(26)31-15-18-14-21(32-24-18)17-7-10-20-22(13-17)30-12-11-29-20/h5-10,13-14H,3-4,11-12,15H2,1-2H3. The summed E-state index contributed by atoms with van der Waals surface area (Å²) in [7, 11) is -3.59. The third-order valence-electron chi connectivity index (χ3n) is 5.17. The van der Waals surface area contributed by atoms with E-state index in [0.717, 1.165) is 5.56 Å². The number of aromatic nitrogens is 1. The lowest BCUT2D eigenvalue weighted by atomic mass is 10.1. The van der Waals surface area contributed by atoms with Gasteiger partial charge in [-0.15, -0.1) is 0 Å². The predicted octanol–water partition coefficient (Wildman–Crippen LogP) is 3.50. The summed E-state index contributed by atoms with van der Waals surface area (Å²) in [6.45, 7) is 5.19. The smallest absolute Gasteiger partial charge is 0.338 e. The second-order valence-electron chi connectivity index (χ2n) is 7.23. The maximum Gasteiger partial charge on any atom is 0.338 e. The van der Waals surface area contributed by atoms with E-state index in [9.17, 15) is 13.2 Å². The van der Waals surface area contributed by atoms with Gasteiger partial charge in [-0.2, -0.15) is 4.31 Å². The molecule has 10 heteroatoms. The fraction of sp³-hybridized carbons (Fsp3) is 0.304. The number of hydrogen-bond donors (Lipinski definition) is 0. The van der Waals surface area contributed by atoms with Crippen molar-refractivity contribution in [2.24, 2.45) is 0 Å². The molecule has 0 atom stereocenters. The summed E-state index contributed by atoms with van der Waals surface area (Å²) in [6, 6.07) is 12.8. The first-order chi connectivity index (χ1) is 15.9. The summed E-state index contributed by atoms with van der Waals surface area (Å²) in [5.74, 6) is 1.22. The lowest BCUT2D eigenvalue weighted by molar-refractivity contribution is 0.0464. The van der Waals surface area contributed by atoms with Crippen LogP contribution in [0.4, 0.5) is 0 Å². The zero-order valence-electron chi connectivity index (χ0n) is 18.3. The van der Waals surface area contributed by atoms with Crippen LogP contribution in [0.15, 0.2) is 57.9 Å². The van der Waals surface area contributed by atoms with E-state index < -0.39 is 16.0 Å². The third kappa shape index (κ3) is 4.86. The van der Waals surface area contributed by atoms with Crippen LogP contribution in [0, 0.1) is 0 Å². The molecule has 1 aliphatic heterocycles. The van der Waals surface area contributed by atoms with E-state index in [1.807, 2.05) is 6.07 Å². The van der Waals surface area contributed by atoms with Crippen LogP contribution in [0.3, 0.4) is 0 Å². The molecule has 2 heterocycles. The van der Waals surface area contributed by atoms with Crippen LogP contribution in [-0.2, 0) is 21.4 Å². The highest BCUT2D eigenvalue weighted by Gasteiger charge is 2.22. The summed E-state index contributed by atoms with van der Waals surface area (Å²) in [5.41, 5.74) is 1.44. The van der Waals surface area contributed by atoms with Crippen LogP contribution < -0.4 is 9.47 Å². The van der Waals surface area contributed by atoms with Gasteiger partial charge in [-0.3, -0.25) is 0 Å². The quantitative estimate of drug-likeness (QED) is 0.459. The van der Waals surface area contributed by atoms with Crippen molar-refractivity contribution in [3.05, 3.63) is 59.8 Å². The minimum absolute atomic E-state index is 0.0909. The van der Waals surface area contributed by atoms with E-state index in [1.54, 1.807) is 32.0 Å². The molecular weight excluding hydrogens is 448 g/mol. The van der Waals surface area contributed by atoms with Crippen LogP contribution >= 0.6 is 0 Å². The molecule has 0 radical (unpaired) electrons. The topological polar surface area (TPSA) is 108 Å². The number of carbonyl (C=O) groups excluding carboxylic acids is 1. The molecule has 174 valence electrons. The number of nitrogens with zero attached hydrogens (tertiary/aromatic N) is 2. The molecule has 0 saturated heterocycles. The van der Waals surface area contributed by atoms with Gasteiger partial charge in [0.1, 0.15) is 25.5 Å². The number of carbonyl (C=O) groups is 1. The fourth-order valence-corrected chi connectivity index (χ4v) is 4.87. The molecule has 0 bridgehead atoms. The molecule has 4 rings (SSSR count). The fourth-order valence-electron chi connectivity index (χ4n) is 3.41. The Morgan fingerprint density at radius 1 is 1.00 bits per heavy atom. The van der Waals surface area contributed by atoms with Crippen LogP contribution in [0.2, 0.25) is 0 Å². The van der Waals surface area contributed by atoms with Crippen molar-refractivity contribution in [2.45, 2.75) is 25.3 Å². The second kappa shape index (κ2) is 9.63. The molecule has 3 aromatic rings. The number of fused-ring (bicyclic) bond motifs is 1. The molecule has 0 amide bonds. The monoisotopic (exact) mass is 472 g/mol. The van der Waals surface area contributed by atoms with Gasteiger partial charge in [0.2, 0.25) is 10.0 Å². The van der Waals surface area contributed by atoms with Gasteiger partial charge >= 0.3 is 5.97 Å². The number of benzene rings is 2. The molecule has 0 saturated carbocycles. The van der Waals surface area contributed by atoms with Gasteiger partial charge in [0, 0.05) is 24.7 Å². The average Bonchev–Trinajstić information content (AvgIpc) is 3.32. The number of rotatable bonds is 8. The molecule has 0 aliphatic carbocycles. The lowest BCUT2D eigenvalue weighted by Gasteiger charge is -2.18. The highest BCUT2D eigenvalue weighted by Crippen LogP contribution is 2.34. The van der Waals surface area contributed by atoms with Gasteiger partial charge in [0.25, 0.3) is 0 Å². The molecule has 2 aromatic carbocycles. The number of ether oxygens (including phenoxy) is 3. The van der Waals surface area contributed by atoms with Crippen molar-refractivity contribution < 1.29 is 31.9 Å². The van der Waals surface area contributed by atoms with E-state index in [1.165, 1.54) is 28.6 Å². The van der Waals surface area contributed by atoms with Crippen molar-refractivity contribution in [2.75, 3.05) is 26.3 Å². The molecule has 0 unspecified atom stereocenters. The van der Waals surface area contributed by atoms with Gasteiger partial charge in [-0.25, -0.2) is 13.2 Å². The van der Waals surface area contributed by atoms with Crippen LogP contribution in [-0.4, -0.2) is 50.2 Å². The lowest BCUT2D eigenvalue weighted by Crippen LogP contribution is -2.30. The molecular formula is C23H24N2O7S. The van der Waals surface area contributed by atoms with Crippen LogP contribution in [0.5, 0.6) is 11.5 Å². The van der Waals surface area contributed by atoms with Crippen molar-refractivity contribution in [1.82, 2.24) is 9.46 Å². The first kappa shape index (κ1) is 22.8. The summed E-state index contributed by atoms with van der Waals surface area (Å²) in [5, 5.41) is 3.95. The van der Waals surface area contributed by atoms with Gasteiger partial charge in [-0.05, 0) is 42.5 Å². The molecule has 0 fully saturated rings. The summed E-state index contributed by atoms with van der Waals surface area (Å²) in [6.07, 6.45) is 0. The number of hydrogen-bond acceptors (Lipinski definition) is 8. The Balaban J connectivity index is 1.39. The first-order valence-corrected chi connectivity index (χ1v) is 12.0. The maximum atomic E-state index is 12.6. The van der Waals surface area contributed by atoms with Crippen LogP contribution in [0.25, 0.3) is 11.3 Å². The van der Waals surface area contributed by atoms with Crippen molar-refractivity contribution in [3.8, 4) is 22.8 Å². The molecule has 1 aromatic heterocycles.